The van der Waals surface area contributed by atoms with Crippen molar-refractivity contribution in [2.24, 2.45) is 0 Å². The molecule has 0 aliphatic rings. The number of aromatic nitrogens is 2. The zero-order valence-electron chi connectivity index (χ0n) is 10.6. The highest BCUT2D eigenvalue weighted by Crippen LogP contribution is 2.19. The Bertz CT molecular complexity index is 522. The highest BCUT2D eigenvalue weighted by atomic mass is 35.5. The lowest BCUT2D eigenvalue weighted by Crippen LogP contribution is -2.04. The zero-order valence-corrected chi connectivity index (χ0v) is 11.4. The second-order valence-corrected chi connectivity index (χ2v) is 4.84. The first-order valence-electron chi connectivity index (χ1n) is 6.47. The van der Waals surface area contributed by atoms with Crippen molar-refractivity contribution >= 4 is 22.6 Å². The van der Waals surface area contributed by atoms with E-state index in [9.17, 15) is 4.39 Å². The molecule has 0 radical (unpaired) electrons. The van der Waals surface area contributed by atoms with Gasteiger partial charge < -0.3 is 4.57 Å². The summed E-state index contributed by atoms with van der Waals surface area (Å²) in [7, 11) is 0. The van der Waals surface area contributed by atoms with Crippen molar-refractivity contribution < 1.29 is 4.39 Å². The average molecular weight is 269 g/mol. The van der Waals surface area contributed by atoms with Crippen molar-refractivity contribution in [2.45, 2.75) is 39.2 Å². The molecule has 0 fully saturated rings. The fraction of sp³-hybridized carbons (Fsp3) is 0.500. The smallest absolute Gasteiger partial charge is 0.125 e. The van der Waals surface area contributed by atoms with E-state index in [-0.39, 0.29) is 5.82 Å². The van der Waals surface area contributed by atoms with Gasteiger partial charge >= 0.3 is 0 Å². The lowest BCUT2D eigenvalue weighted by Gasteiger charge is -2.07. The van der Waals surface area contributed by atoms with Crippen LogP contribution in [0.4, 0.5) is 4.39 Å². The number of fused-ring (bicyclic) bond motifs is 1. The fourth-order valence-electron chi connectivity index (χ4n) is 2.20. The predicted molar refractivity (Wildman–Crippen MR) is 73.6 cm³/mol. The summed E-state index contributed by atoms with van der Waals surface area (Å²) in [6.45, 7) is 3.11. The van der Waals surface area contributed by atoms with Gasteiger partial charge in [0.2, 0.25) is 0 Å². The maximum atomic E-state index is 13.2. The molecule has 0 amide bonds. The maximum absolute atomic E-state index is 13.2. The highest BCUT2D eigenvalue weighted by Gasteiger charge is 2.10. The molecule has 2 aromatic rings. The van der Waals surface area contributed by atoms with Gasteiger partial charge in [0, 0.05) is 24.9 Å². The second kappa shape index (κ2) is 6.19. The van der Waals surface area contributed by atoms with Crippen LogP contribution in [0.5, 0.6) is 0 Å². The molecule has 1 aromatic carbocycles. The predicted octanol–water partition coefficient (Wildman–Crippen LogP) is 4.15. The Balaban J connectivity index is 2.35. The second-order valence-electron chi connectivity index (χ2n) is 4.46. The van der Waals surface area contributed by atoms with E-state index in [1.165, 1.54) is 25.0 Å². The molecular formula is C14H18ClFN2. The van der Waals surface area contributed by atoms with E-state index in [0.29, 0.717) is 5.88 Å². The van der Waals surface area contributed by atoms with Gasteiger partial charge in [0.15, 0.2) is 0 Å². The Hall–Kier alpha value is -1.09. The quantitative estimate of drug-likeness (QED) is 0.569. The molecule has 0 saturated carbocycles. The van der Waals surface area contributed by atoms with Crippen molar-refractivity contribution in [3.05, 3.63) is 29.8 Å². The molecule has 0 aliphatic heterocycles. The molecule has 98 valence electrons. The molecule has 0 spiro atoms. The van der Waals surface area contributed by atoms with Crippen molar-refractivity contribution in [1.82, 2.24) is 9.55 Å². The Morgan fingerprint density at radius 3 is 2.89 bits per heavy atom. The lowest BCUT2D eigenvalue weighted by atomic mass is 10.2. The maximum Gasteiger partial charge on any atom is 0.125 e. The number of imidazole rings is 1. The number of hydrogen-bond acceptors (Lipinski definition) is 1. The molecule has 0 saturated heterocycles. The van der Waals surface area contributed by atoms with Crippen molar-refractivity contribution in [2.75, 3.05) is 5.88 Å². The summed E-state index contributed by atoms with van der Waals surface area (Å²) in [5.41, 5.74) is 1.74. The van der Waals surface area contributed by atoms with Crippen LogP contribution in [-0.2, 0) is 13.0 Å². The van der Waals surface area contributed by atoms with Crippen LogP contribution in [0.15, 0.2) is 18.2 Å². The van der Waals surface area contributed by atoms with Gasteiger partial charge in [-0.1, -0.05) is 19.8 Å². The Kier molecular flexibility index (Phi) is 4.59. The van der Waals surface area contributed by atoms with E-state index < -0.39 is 0 Å². The third kappa shape index (κ3) is 2.83. The molecule has 1 heterocycles. The molecule has 2 nitrogen and oxygen atoms in total. The van der Waals surface area contributed by atoms with Crippen LogP contribution >= 0.6 is 11.6 Å². The van der Waals surface area contributed by atoms with E-state index in [1.54, 1.807) is 6.07 Å². The number of alkyl halides is 1. The van der Waals surface area contributed by atoms with Gasteiger partial charge in [0.05, 0.1) is 11.0 Å². The topological polar surface area (TPSA) is 17.8 Å². The number of aryl methyl sites for hydroxylation is 2. The number of halogens is 2. The first kappa shape index (κ1) is 13.3. The molecule has 0 atom stereocenters. The first-order valence-corrected chi connectivity index (χ1v) is 7.00. The Morgan fingerprint density at radius 2 is 2.17 bits per heavy atom. The number of rotatable bonds is 6. The number of nitrogens with zero attached hydrogens (tertiary/aromatic N) is 2. The van der Waals surface area contributed by atoms with Gasteiger partial charge in [-0.05, 0) is 18.6 Å². The Labute approximate surface area is 112 Å². The minimum atomic E-state index is -0.238. The van der Waals surface area contributed by atoms with Crippen LogP contribution in [-0.4, -0.2) is 15.4 Å². The minimum Gasteiger partial charge on any atom is -0.328 e. The molecule has 1 aromatic heterocycles. The van der Waals surface area contributed by atoms with Crippen LogP contribution in [0, 0.1) is 5.82 Å². The molecule has 2 rings (SSSR count). The summed E-state index contributed by atoms with van der Waals surface area (Å²) in [4.78, 5) is 4.48. The standard InChI is InChI=1S/C14H18ClFN2/c1-2-3-4-9-18-13-6-5-11(16)10-12(13)17-14(18)7-8-15/h5-6,10H,2-4,7-9H2,1H3. The minimum absolute atomic E-state index is 0.238. The highest BCUT2D eigenvalue weighted by molar-refractivity contribution is 6.17. The van der Waals surface area contributed by atoms with Crippen LogP contribution in [0.25, 0.3) is 11.0 Å². The summed E-state index contributed by atoms with van der Waals surface area (Å²) < 4.78 is 15.4. The molecular weight excluding hydrogens is 251 g/mol. The third-order valence-corrected chi connectivity index (χ3v) is 3.28. The van der Waals surface area contributed by atoms with Crippen LogP contribution in [0.2, 0.25) is 0 Å². The van der Waals surface area contributed by atoms with Crippen LogP contribution < -0.4 is 0 Å². The van der Waals surface area contributed by atoms with E-state index in [0.717, 1.165) is 36.2 Å². The normalized spacial score (nSPS) is 11.3. The summed E-state index contributed by atoms with van der Waals surface area (Å²) >= 11 is 5.80. The van der Waals surface area contributed by atoms with Gasteiger partial charge in [-0.25, -0.2) is 9.37 Å². The zero-order chi connectivity index (χ0) is 13.0. The summed E-state index contributed by atoms with van der Waals surface area (Å²) in [5, 5.41) is 0. The molecule has 0 unspecified atom stereocenters. The monoisotopic (exact) mass is 268 g/mol. The fourth-order valence-corrected chi connectivity index (χ4v) is 2.37. The number of hydrogen-bond donors (Lipinski definition) is 0. The van der Waals surface area contributed by atoms with Gasteiger partial charge in [-0.15, -0.1) is 11.6 Å². The molecule has 18 heavy (non-hydrogen) atoms. The largest absolute Gasteiger partial charge is 0.328 e. The van der Waals surface area contributed by atoms with Gasteiger partial charge in [0.25, 0.3) is 0 Å². The average Bonchev–Trinajstić information content (AvgIpc) is 2.67. The van der Waals surface area contributed by atoms with Crippen LogP contribution in [0.1, 0.15) is 32.0 Å². The van der Waals surface area contributed by atoms with Gasteiger partial charge in [0.1, 0.15) is 11.6 Å². The molecule has 4 heteroatoms. The summed E-state index contributed by atoms with van der Waals surface area (Å²) in [5.74, 6) is 1.26. The molecule has 0 aliphatic carbocycles. The van der Waals surface area contributed by atoms with Crippen molar-refractivity contribution in [3.8, 4) is 0 Å². The molecule has 0 bridgehead atoms. The lowest BCUT2D eigenvalue weighted by molar-refractivity contribution is 0.594. The SMILES string of the molecule is CCCCCn1c(CCCl)nc2cc(F)ccc21. The van der Waals surface area contributed by atoms with E-state index in [1.807, 2.05) is 0 Å². The van der Waals surface area contributed by atoms with Gasteiger partial charge in [-0.2, -0.15) is 0 Å². The number of unbranched alkanes of at least 4 members (excludes halogenated alkanes) is 2. The van der Waals surface area contributed by atoms with E-state index >= 15 is 0 Å². The van der Waals surface area contributed by atoms with E-state index in [2.05, 4.69) is 16.5 Å². The summed E-state index contributed by atoms with van der Waals surface area (Å²) in [6.07, 6.45) is 4.23. The van der Waals surface area contributed by atoms with E-state index in [4.69, 9.17) is 11.6 Å². The first-order chi connectivity index (χ1) is 8.76. The molecule has 0 N–H and O–H groups in total. The van der Waals surface area contributed by atoms with Crippen molar-refractivity contribution in [1.29, 1.82) is 0 Å². The Morgan fingerprint density at radius 1 is 1.33 bits per heavy atom. The number of benzene rings is 1. The van der Waals surface area contributed by atoms with Gasteiger partial charge in [-0.3, -0.25) is 0 Å². The van der Waals surface area contributed by atoms with Crippen molar-refractivity contribution in [3.63, 3.8) is 0 Å². The summed E-state index contributed by atoms with van der Waals surface area (Å²) in [6, 6.07) is 4.79. The third-order valence-electron chi connectivity index (χ3n) is 3.09. The van der Waals surface area contributed by atoms with Crippen LogP contribution in [0.3, 0.4) is 0 Å².